The van der Waals surface area contributed by atoms with Gasteiger partial charge in [-0.05, 0) is 53.8 Å². The Morgan fingerprint density at radius 2 is 1.55 bits per heavy atom. The van der Waals surface area contributed by atoms with E-state index >= 15 is 0 Å². The van der Waals surface area contributed by atoms with Crippen LogP contribution >= 0.6 is 0 Å². The lowest BCUT2D eigenvalue weighted by Gasteiger charge is -2.18. The molecule has 33 heavy (non-hydrogen) atoms. The van der Waals surface area contributed by atoms with Crippen LogP contribution < -0.4 is 10.6 Å². The first kappa shape index (κ1) is 22.1. The highest BCUT2D eigenvalue weighted by atomic mass is 16.5. The van der Waals surface area contributed by atoms with E-state index in [1.807, 2.05) is 36.4 Å². The Labute approximate surface area is 191 Å². The predicted octanol–water partition coefficient (Wildman–Crippen LogP) is 4.56. The highest BCUT2D eigenvalue weighted by Gasteiger charge is 2.29. The Bertz CT molecular complexity index is 1190. The number of hydrogen-bond acceptors (Lipinski definition) is 4. The maximum atomic E-state index is 12.5. The van der Waals surface area contributed by atoms with Crippen molar-refractivity contribution < 1.29 is 24.2 Å². The molecule has 3 aromatic carbocycles. The minimum atomic E-state index is -1.08. The third-order valence-corrected chi connectivity index (χ3v) is 5.89. The van der Waals surface area contributed by atoms with Gasteiger partial charge in [0.15, 0.2) is 0 Å². The normalized spacial score (nSPS) is 12.9. The maximum absolute atomic E-state index is 12.5. The molecule has 1 aliphatic rings. The summed E-state index contributed by atoms with van der Waals surface area (Å²) in [6.07, 6.45) is -0.699. The largest absolute Gasteiger partial charge is 0.478 e. The van der Waals surface area contributed by atoms with Gasteiger partial charge in [0.2, 0.25) is 5.91 Å². The fraction of sp³-hybridized carbons (Fsp3) is 0.192. The summed E-state index contributed by atoms with van der Waals surface area (Å²) >= 11 is 0. The summed E-state index contributed by atoms with van der Waals surface area (Å²) in [6.45, 7) is 3.30. The minimum Gasteiger partial charge on any atom is -0.478 e. The Morgan fingerprint density at radius 1 is 0.939 bits per heavy atom. The summed E-state index contributed by atoms with van der Waals surface area (Å²) < 4.78 is 5.48. The SMILES string of the molecule is Cc1c(NC(=O)[C@@H](C)NC(=O)OCC2c3ccccc3-c3ccccc32)cccc1C(=O)O. The molecule has 0 radical (unpaired) electrons. The molecule has 0 unspecified atom stereocenters. The molecule has 0 aliphatic heterocycles. The molecule has 0 saturated carbocycles. The average Bonchev–Trinajstić information content (AvgIpc) is 3.12. The van der Waals surface area contributed by atoms with Gasteiger partial charge in [-0.2, -0.15) is 0 Å². The van der Waals surface area contributed by atoms with Crippen molar-refractivity contribution in [2.75, 3.05) is 11.9 Å². The second-order valence-electron chi connectivity index (χ2n) is 7.96. The molecule has 1 atom stereocenters. The Hall–Kier alpha value is -4.13. The van der Waals surface area contributed by atoms with Gasteiger partial charge in [-0.15, -0.1) is 0 Å². The van der Waals surface area contributed by atoms with E-state index in [0.717, 1.165) is 22.3 Å². The van der Waals surface area contributed by atoms with Crippen LogP contribution in [0.3, 0.4) is 0 Å². The molecule has 0 aromatic heterocycles. The number of amides is 2. The number of carboxylic acids is 1. The number of carbonyl (C=O) groups is 3. The average molecular weight is 444 g/mol. The second-order valence-corrected chi connectivity index (χ2v) is 7.96. The number of hydrogen-bond donors (Lipinski definition) is 3. The van der Waals surface area contributed by atoms with E-state index in [1.54, 1.807) is 19.1 Å². The summed E-state index contributed by atoms with van der Waals surface area (Å²) in [7, 11) is 0. The quantitative estimate of drug-likeness (QED) is 0.517. The molecule has 0 spiro atoms. The molecule has 3 aromatic rings. The van der Waals surface area contributed by atoms with E-state index in [2.05, 4.69) is 22.8 Å². The van der Waals surface area contributed by atoms with Crippen LogP contribution in [-0.2, 0) is 9.53 Å². The zero-order valence-electron chi connectivity index (χ0n) is 18.3. The van der Waals surface area contributed by atoms with Gasteiger partial charge < -0.3 is 20.5 Å². The third kappa shape index (κ3) is 4.43. The van der Waals surface area contributed by atoms with E-state index in [4.69, 9.17) is 4.74 Å². The van der Waals surface area contributed by atoms with Gasteiger partial charge in [0, 0.05) is 11.6 Å². The molecule has 2 amide bonds. The van der Waals surface area contributed by atoms with Crippen molar-refractivity contribution in [1.29, 1.82) is 0 Å². The summed E-state index contributed by atoms with van der Waals surface area (Å²) in [5.41, 5.74) is 5.39. The van der Waals surface area contributed by atoms with Crippen LogP contribution in [-0.4, -0.2) is 35.7 Å². The second kappa shape index (κ2) is 9.16. The van der Waals surface area contributed by atoms with Crippen molar-refractivity contribution >= 4 is 23.7 Å². The van der Waals surface area contributed by atoms with Crippen LogP contribution in [0.5, 0.6) is 0 Å². The number of rotatable bonds is 6. The highest BCUT2D eigenvalue weighted by Crippen LogP contribution is 2.44. The minimum absolute atomic E-state index is 0.0753. The molecular formula is C26H24N2O5. The first-order valence-corrected chi connectivity index (χ1v) is 10.6. The molecule has 7 nitrogen and oxygen atoms in total. The van der Waals surface area contributed by atoms with Crippen LogP contribution in [0.25, 0.3) is 11.1 Å². The molecule has 0 fully saturated rings. The van der Waals surface area contributed by atoms with E-state index in [9.17, 15) is 19.5 Å². The van der Waals surface area contributed by atoms with Crippen molar-refractivity contribution in [3.8, 4) is 11.1 Å². The van der Waals surface area contributed by atoms with Crippen molar-refractivity contribution in [1.82, 2.24) is 5.32 Å². The standard InChI is InChI=1S/C26H24N2O5/c1-15-17(25(30)31)12-7-13-23(15)28-24(29)16(2)27-26(32)33-14-22-20-10-5-3-8-18(20)19-9-4-6-11-21(19)22/h3-13,16,22H,14H2,1-2H3,(H,27,32)(H,28,29)(H,30,31)/t16-/m1/s1. The van der Waals surface area contributed by atoms with E-state index in [-0.39, 0.29) is 18.1 Å². The highest BCUT2D eigenvalue weighted by molar-refractivity contribution is 5.99. The lowest BCUT2D eigenvalue weighted by Crippen LogP contribution is -2.42. The molecule has 0 heterocycles. The number of anilines is 1. The van der Waals surface area contributed by atoms with Crippen LogP contribution in [0.15, 0.2) is 66.7 Å². The van der Waals surface area contributed by atoms with Crippen LogP contribution in [0, 0.1) is 6.92 Å². The Balaban J connectivity index is 1.37. The molecule has 3 N–H and O–H groups in total. The van der Waals surface area contributed by atoms with Gasteiger partial charge in [-0.1, -0.05) is 54.6 Å². The van der Waals surface area contributed by atoms with Gasteiger partial charge >= 0.3 is 12.1 Å². The van der Waals surface area contributed by atoms with Gasteiger partial charge in [-0.3, -0.25) is 4.79 Å². The number of carboxylic acid groups (broad SMARTS) is 1. The zero-order valence-corrected chi connectivity index (χ0v) is 18.3. The van der Waals surface area contributed by atoms with Crippen molar-refractivity contribution in [2.45, 2.75) is 25.8 Å². The Morgan fingerprint density at radius 3 is 2.15 bits per heavy atom. The summed E-state index contributed by atoms with van der Waals surface area (Å²) in [4.78, 5) is 36.2. The molecule has 0 saturated heterocycles. The van der Waals surface area contributed by atoms with Gasteiger partial charge in [0.1, 0.15) is 12.6 Å². The fourth-order valence-corrected chi connectivity index (χ4v) is 4.13. The third-order valence-electron chi connectivity index (χ3n) is 5.89. The molecule has 0 bridgehead atoms. The van der Waals surface area contributed by atoms with E-state index in [0.29, 0.717) is 11.3 Å². The van der Waals surface area contributed by atoms with Crippen molar-refractivity contribution in [2.24, 2.45) is 0 Å². The lowest BCUT2D eigenvalue weighted by molar-refractivity contribution is -0.117. The number of carbonyl (C=O) groups excluding carboxylic acids is 2. The first-order valence-electron chi connectivity index (χ1n) is 10.6. The topological polar surface area (TPSA) is 105 Å². The van der Waals surface area contributed by atoms with E-state index < -0.39 is 24.0 Å². The van der Waals surface area contributed by atoms with Crippen LogP contribution in [0.4, 0.5) is 10.5 Å². The summed E-state index contributed by atoms with van der Waals surface area (Å²) in [6, 6.07) is 19.8. The van der Waals surface area contributed by atoms with Crippen LogP contribution in [0.2, 0.25) is 0 Å². The number of alkyl carbamates (subject to hydrolysis) is 1. The Kier molecular flexibility index (Phi) is 6.13. The summed E-state index contributed by atoms with van der Waals surface area (Å²) in [5, 5.41) is 14.4. The van der Waals surface area contributed by atoms with Gasteiger partial charge in [0.05, 0.1) is 5.56 Å². The fourth-order valence-electron chi connectivity index (χ4n) is 4.13. The van der Waals surface area contributed by atoms with Crippen LogP contribution in [0.1, 0.15) is 39.9 Å². The number of ether oxygens (including phenoxy) is 1. The zero-order chi connectivity index (χ0) is 23.5. The van der Waals surface area contributed by atoms with Crippen molar-refractivity contribution in [3.63, 3.8) is 0 Å². The number of aromatic carboxylic acids is 1. The predicted molar refractivity (Wildman–Crippen MR) is 124 cm³/mol. The molecule has 1 aliphatic carbocycles. The molecule has 4 rings (SSSR count). The molecule has 168 valence electrons. The molecule has 7 heteroatoms. The number of benzene rings is 3. The smallest absolute Gasteiger partial charge is 0.407 e. The van der Waals surface area contributed by atoms with E-state index in [1.165, 1.54) is 13.0 Å². The first-order chi connectivity index (χ1) is 15.9. The monoisotopic (exact) mass is 444 g/mol. The molecular weight excluding hydrogens is 420 g/mol. The number of fused-ring (bicyclic) bond motifs is 3. The maximum Gasteiger partial charge on any atom is 0.407 e. The number of nitrogens with one attached hydrogen (secondary N) is 2. The van der Waals surface area contributed by atoms with Gasteiger partial charge in [-0.25, -0.2) is 9.59 Å². The lowest BCUT2D eigenvalue weighted by atomic mass is 9.98. The summed E-state index contributed by atoms with van der Waals surface area (Å²) in [5.74, 6) is -1.63. The van der Waals surface area contributed by atoms with Gasteiger partial charge in [0.25, 0.3) is 0 Å². The van der Waals surface area contributed by atoms with Crippen molar-refractivity contribution in [3.05, 3.63) is 89.0 Å².